The van der Waals surface area contributed by atoms with Crippen molar-refractivity contribution >= 4 is 17.4 Å². The average molecular weight is 473 g/mol. The molecule has 9 heteroatoms. The van der Waals surface area contributed by atoms with Gasteiger partial charge in [-0.05, 0) is 47.5 Å². The zero-order valence-corrected chi connectivity index (χ0v) is 19.7. The number of nitrogens with zero attached hydrogens (tertiary/aromatic N) is 3. The van der Waals surface area contributed by atoms with Crippen LogP contribution in [-0.4, -0.2) is 47.8 Å². The molecule has 0 radical (unpaired) electrons. The number of carbonyl (C=O) groups excluding carboxylic acids is 2. The lowest BCUT2D eigenvalue weighted by atomic mass is 9.96. The highest BCUT2D eigenvalue weighted by Gasteiger charge is 2.21. The Morgan fingerprint density at radius 1 is 0.886 bits per heavy atom. The molecule has 9 nitrogen and oxygen atoms in total. The van der Waals surface area contributed by atoms with Gasteiger partial charge >= 0.3 is 0 Å². The van der Waals surface area contributed by atoms with Crippen LogP contribution in [0.25, 0.3) is 16.8 Å². The Balaban J connectivity index is 1.77. The first kappa shape index (κ1) is 23.5. The lowest BCUT2D eigenvalue weighted by Crippen LogP contribution is -2.12. The fourth-order valence-electron chi connectivity index (χ4n) is 3.75. The van der Waals surface area contributed by atoms with Crippen LogP contribution in [0.1, 0.15) is 22.8 Å². The molecule has 0 atom stereocenters. The molecule has 0 saturated carbocycles. The number of amides is 1. The van der Waals surface area contributed by atoms with Crippen molar-refractivity contribution in [2.24, 2.45) is 0 Å². The summed E-state index contributed by atoms with van der Waals surface area (Å²) in [6.45, 7) is 1.39. The molecule has 1 heterocycles. The summed E-state index contributed by atoms with van der Waals surface area (Å²) in [4.78, 5) is 29.5. The molecule has 0 aliphatic carbocycles. The summed E-state index contributed by atoms with van der Waals surface area (Å²) in [5, 5.41) is 6.95. The number of ketones is 1. The number of hydrogen-bond donors (Lipinski definition) is 1. The number of methoxy groups -OCH3 is 3. The summed E-state index contributed by atoms with van der Waals surface area (Å²) in [5.41, 5.74) is 3.57. The molecular weight excluding hydrogens is 448 g/mol. The van der Waals surface area contributed by atoms with E-state index < -0.39 is 0 Å². The molecule has 0 aliphatic heterocycles. The number of aromatic nitrogens is 3. The molecule has 1 amide bonds. The van der Waals surface area contributed by atoms with Crippen molar-refractivity contribution in [3.8, 4) is 34.1 Å². The molecule has 3 aromatic carbocycles. The van der Waals surface area contributed by atoms with Gasteiger partial charge in [0.05, 0.1) is 32.7 Å². The number of carbonyl (C=O) groups is 2. The standard InChI is InChI=1S/C26H24N4O5/c1-16(31)29-22-11-18(17-6-5-7-20(10-17)30-15-27-14-28-30)8-9-21(22)25(32)19-12-23(33-2)26(35-4)24(13-19)34-3/h5-15H,1-4H3,(H,29,31). The topological polar surface area (TPSA) is 105 Å². The average Bonchev–Trinajstić information content (AvgIpc) is 3.42. The molecule has 4 aromatic rings. The van der Waals surface area contributed by atoms with Crippen molar-refractivity contribution in [3.05, 3.63) is 78.4 Å². The number of ether oxygens (including phenoxy) is 3. The number of rotatable bonds is 8. The van der Waals surface area contributed by atoms with Gasteiger partial charge in [-0.15, -0.1) is 0 Å². The highest BCUT2D eigenvalue weighted by molar-refractivity contribution is 6.14. The van der Waals surface area contributed by atoms with Crippen LogP contribution in [0.5, 0.6) is 17.2 Å². The Kier molecular flexibility index (Phi) is 6.77. The van der Waals surface area contributed by atoms with E-state index in [1.165, 1.54) is 34.6 Å². The smallest absolute Gasteiger partial charge is 0.221 e. The van der Waals surface area contributed by atoms with E-state index >= 15 is 0 Å². The van der Waals surface area contributed by atoms with Crippen LogP contribution in [0.2, 0.25) is 0 Å². The third-order valence-corrected chi connectivity index (χ3v) is 5.36. The van der Waals surface area contributed by atoms with Crippen molar-refractivity contribution in [2.45, 2.75) is 6.92 Å². The monoisotopic (exact) mass is 472 g/mol. The molecule has 0 saturated heterocycles. The number of anilines is 1. The Morgan fingerprint density at radius 2 is 1.60 bits per heavy atom. The summed E-state index contributed by atoms with van der Waals surface area (Å²) in [6.07, 6.45) is 3.08. The van der Waals surface area contributed by atoms with Gasteiger partial charge in [0.15, 0.2) is 17.3 Å². The third kappa shape index (κ3) is 4.84. The highest BCUT2D eigenvalue weighted by atomic mass is 16.5. The van der Waals surface area contributed by atoms with Gasteiger partial charge in [-0.2, -0.15) is 5.10 Å². The zero-order chi connectivity index (χ0) is 24.9. The van der Waals surface area contributed by atoms with E-state index in [1.807, 2.05) is 30.3 Å². The minimum Gasteiger partial charge on any atom is -0.493 e. The Hall–Kier alpha value is -4.66. The maximum Gasteiger partial charge on any atom is 0.221 e. The molecule has 0 unspecified atom stereocenters. The molecular formula is C26H24N4O5. The fourth-order valence-corrected chi connectivity index (χ4v) is 3.75. The lowest BCUT2D eigenvalue weighted by molar-refractivity contribution is -0.114. The van der Waals surface area contributed by atoms with Crippen LogP contribution in [0.3, 0.4) is 0 Å². The number of hydrogen-bond acceptors (Lipinski definition) is 7. The van der Waals surface area contributed by atoms with Crippen molar-refractivity contribution in [2.75, 3.05) is 26.6 Å². The third-order valence-electron chi connectivity index (χ3n) is 5.36. The number of benzene rings is 3. The molecule has 0 fully saturated rings. The summed E-state index contributed by atoms with van der Waals surface area (Å²) in [5.74, 6) is 0.500. The summed E-state index contributed by atoms with van der Waals surface area (Å²) < 4.78 is 17.8. The molecule has 0 spiro atoms. The van der Waals surface area contributed by atoms with Crippen LogP contribution >= 0.6 is 0 Å². The van der Waals surface area contributed by atoms with Crippen LogP contribution < -0.4 is 19.5 Å². The molecule has 35 heavy (non-hydrogen) atoms. The van der Waals surface area contributed by atoms with Gasteiger partial charge in [-0.1, -0.05) is 18.2 Å². The van der Waals surface area contributed by atoms with Crippen molar-refractivity contribution in [3.63, 3.8) is 0 Å². The minimum atomic E-state index is -0.309. The van der Waals surface area contributed by atoms with Crippen molar-refractivity contribution < 1.29 is 23.8 Å². The summed E-state index contributed by atoms with van der Waals surface area (Å²) in [6, 6.07) is 16.1. The van der Waals surface area contributed by atoms with Crippen LogP contribution in [-0.2, 0) is 4.79 Å². The first-order valence-electron chi connectivity index (χ1n) is 10.7. The van der Waals surface area contributed by atoms with E-state index in [0.717, 1.165) is 16.8 Å². The molecule has 4 rings (SSSR count). The normalized spacial score (nSPS) is 10.5. The van der Waals surface area contributed by atoms with Crippen molar-refractivity contribution in [1.82, 2.24) is 14.8 Å². The second-order valence-corrected chi connectivity index (χ2v) is 7.58. The van der Waals surface area contributed by atoms with Crippen molar-refractivity contribution in [1.29, 1.82) is 0 Å². The maximum atomic E-state index is 13.5. The molecule has 0 bridgehead atoms. The van der Waals surface area contributed by atoms with E-state index in [1.54, 1.807) is 35.3 Å². The molecule has 1 aromatic heterocycles. The number of nitrogens with one attached hydrogen (secondary N) is 1. The lowest BCUT2D eigenvalue weighted by Gasteiger charge is -2.15. The van der Waals surface area contributed by atoms with E-state index in [0.29, 0.717) is 34.1 Å². The van der Waals surface area contributed by atoms with Crippen LogP contribution in [0.15, 0.2) is 67.3 Å². The van der Waals surface area contributed by atoms with Crippen LogP contribution in [0, 0.1) is 0 Å². The summed E-state index contributed by atoms with van der Waals surface area (Å²) >= 11 is 0. The summed E-state index contributed by atoms with van der Waals surface area (Å²) in [7, 11) is 4.46. The predicted molar refractivity (Wildman–Crippen MR) is 131 cm³/mol. The van der Waals surface area contributed by atoms with E-state index in [2.05, 4.69) is 15.4 Å². The van der Waals surface area contributed by atoms with Gasteiger partial charge in [0, 0.05) is 18.1 Å². The predicted octanol–water partition coefficient (Wildman–Crippen LogP) is 4.15. The van der Waals surface area contributed by atoms with Gasteiger partial charge in [-0.3, -0.25) is 9.59 Å². The quantitative estimate of drug-likeness (QED) is 0.384. The Labute approximate surface area is 202 Å². The van der Waals surface area contributed by atoms with E-state index in [4.69, 9.17) is 14.2 Å². The molecule has 178 valence electrons. The zero-order valence-electron chi connectivity index (χ0n) is 19.7. The van der Waals surface area contributed by atoms with Gasteiger partial charge in [0.2, 0.25) is 11.7 Å². The van der Waals surface area contributed by atoms with Gasteiger partial charge in [0.1, 0.15) is 12.7 Å². The highest BCUT2D eigenvalue weighted by Crippen LogP contribution is 2.39. The second-order valence-electron chi connectivity index (χ2n) is 7.58. The Bertz CT molecular complexity index is 1360. The van der Waals surface area contributed by atoms with Gasteiger partial charge in [-0.25, -0.2) is 9.67 Å². The second kappa shape index (κ2) is 10.1. The van der Waals surface area contributed by atoms with E-state index in [-0.39, 0.29) is 11.7 Å². The first-order chi connectivity index (χ1) is 16.9. The van der Waals surface area contributed by atoms with Crippen LogP contribution in [0.4, 0.5) is 5.69 Å². The van der Waals surface area contributed by atoms with Gasteiger partial charge < -0.3 is 19.5 Å². The maximum absolute atomic E-state index is 13.5. The molecule has 0 aliphatic rings. The first-order valence-corrected chi connectivity index (χ1v) is 10.7. The molecule has 1 N–H and O–H groups in total. The van der Waals surface area contributed by atoms with E-state index in [9.17, 15) is 9.59 Å². The minimum absolute atomic E-state index is 0.294. The van der Waals surface area contributed by atoms with Gasteiger partial charge in [0.25, 0.3) is 0 Å². The SMILES string of the molecule is COc1cc(C(=O)c2ccc(-c3cccc(-n4cncn4)c3)cc2NC(C)=O)cc(OC)c1OC. The Morgan fingerprint density at radius 3 is 2.20 bits per heavy atom. The fraction of sp³-hybridized carbons (Fsp3) is 0.154. The largest absolute Gasteiger partial charge is 0.493 e.